The maximum atomic E-state index is 13.5. The van der Waals surface area contributed by atoms with Crippen LogP contribution in [0.3, 0.4) is 0 Å². The van der Waals surface area contributed by atoms with E-state index >= 15 is 0 Å². The SMILES string of the molecule is COC12C(=O)c3c(cc4cccc(O)c4c3O)CC1C(O)C(=O)C(C(N)=O)=C2O. The summed E-state index contributed by atoms with van der Waals surface area (Å²) in [6, 6.07) is 6.05. The number of amides is 1. The van der Waals surface area contributed by atoms with E-state index in [1.807, 2.05) is 0 Å². The normalized spacial score (nSPS) is 26.4. The van der Waals surface area contributed by atoms with Crippen LogP contribution in [-0.2, 0) is 20.7 Å². The first-order chi connectivity index (χ1) is 13.7. The number of hydrogen-bond donors (Lipinski definition) is 5. The highest BCUT2D eigenvalue weighted by Crippen LogP contribution is 2.50. The molecule has 2 aromatic rings. The van der Waals surface area contributed by atoms with Crippen molar-refractivity contribution in [2.45, 2.75) is 18.1 Å². The second-order valence-electron chi connectivity index (χ2n) is 7.11. The fourth-order valence-corrected chi connectivity index (χ4v) is 4.45. The number of methoxy groups -OCH3 is 1. The molecule has 2 aliphatic rings. The first-order valence-corrected chi connectivity index (χ1v) is 8.69. The van der Waals surface area contributed by atoms with E-state index in [2.05, 4.69) is 0 Å². The highest BCUT2D eigenvalue weighted by molar-refractivity contribution is 6.24. The molecule has 0 saturated heterocycles. The highest BCUT2D eigenvalue weighted by Gasteiger charge is 2.62. The molecule has 9 nitrogen and oxygen atoms in total. The third kappa shape index (κ3) is 2.19. The molecule has 0 fully saturated rings. The third-order valence-electron chi connectivity index (χ3n) is 5.78. The van der Waals surface area contributed by atoms with E-state index < -0.39 is 52.2 Å². The molecule has 3 unspecified atom stereocenters. The number of phenolic OH excluding ortho intramolecular Hbond substituents is 2. The van der Waals surface area contributed by atoms with Crippen LogP contribution < -0.4 is 5.73 Å². The van der Waals surface area contributed by atoms with Gasteiger partial charge in [-0.1, -0.05) is 18.2 Å². The Balaban J connectivity index is 2.08. The van der Waals surface area contributed by atoms with Crippen molar-refractivity contribution in [1.82, 2.24) is 0 Å². The van der Waals surface area contributed by atoms with Gasteiger partial charge in [-0.15, -0.1) is 0 Å². The number of aliphatic hydroxyl groups excluding tert-OH is 2. The summed E-state index contributed by atoms with van der Waals surface area (Å²) in [6.07, 6.45) is -1.97. The molecule has 0 radical (unpaired) electrons. The summed E-state index contributed by atoms with van der Waals surface area (Å²) >= 11 is 0. The van der Waals surface area contributed by atoms with E-state index in [4.69, 9.17) is 10.5 Å². The van der Waals surface area contributed by atoms with Crippen molar-refractivity contribution in [3.63, 3.8) is 0 Å². The number of fused-ring (bicyclic) bond motifs is 3. The first-order valence-electron chi connectivity index (χ1n) is 8.69. The summed E-state index contributed by atoms with van der Waals surface area (Å²) in [7, 11) is 1.07. The van der Waals surface area contributed by atoms with Gasteiger partial charge in [-0.25, -0.2) is 0 Å². The molecule has 2 aromatic carbocycles. The number of phenols is 2. The van der Waals surface area contributed by atoms with Crippen LogP contribution in [0.25, 0.3) is 10.8 Å². The van der Waals surface area contributed by atoms with Crippen molar-refractivity contribution < 1.29 is 39.5 Å². The number of rotatable bonds is 2. The number of aliphatic hydroxyl groups is 2. The predicted octanol–water partition coefficient (Wildman–Crippen LogP) is 0.232. The molecule has 0 heterocycles. The van der Waals surface area contributed by atoms with Crippen LogP contribution in [0.15, 0.2) is 35.6 Å². The standard InChI is InChI=1S/C20H17NO8/c1-29-20-9(14(23)16(25)13(18(20)27)19(21)28)6-8-5-7-3-2-4-10(22)11(7)15(24)12(8)17(20)26/h2-5,9,14,22-24,27H,6H2,1H3,(H2,21,28). The number of Topliss-reactive ketones (excluding diaryl/α,β-unsaturated/α-hetero) is 2. The number of nitrogens with two attached hydrogens (primary N) is 1. The quantitative estimate of drug-likeness (QED) is 0.447. The molecule has 0 aromatic heterocycles. The zero-order chi connectivity index (χ0) is 21.2. The molecule has 0 aliphatic heterocycles. The van der Waals surface area contributed by atoms with Crippen molar-refractivity contribution in [2.75, 3.05) is 7.11 Å². The van der Waals surface area contributed by atoms with Crippen molar-refractivity contribution in [2.24, 2.45) is 11.7 Å². The van der Waals surface area contributed by atoms with Crippen molar-refractivity contribution in [3.8, 4) is 11.5 Å². The number of carbonyl (C=O) groups excluding carboxylic acids is 3. The molecule has 3 atom stereocenters. The average Bonchev–Trinajstić information content (AvgIpc) is 2.66. The van der Waals surface area contributed by atoms with E-state index in [1.54, 1.807) is 18.2 Å². The van der Waals surface area contributed by atoms with Crippen molar-refractivity contribution >= 4 is 28.2 Å². The van der Waals surface area contributed by atoms with Crippen LogP contribution in [0, 0.1) is 5.92 Å². The minimum atomic E-state index is -2.29. The van der Waals surface area contributed by atoms with Gasteiger partial charge in [0.15, 0.2) is 5.60 Å². The molecule has 6 N–H and O–H groups in total. The van der Waals surface area contributed by atoms with Gasteiger partial charge in [0.1, 0.15) is 28.9 Å². The van der Waals surface area contributed by atoms with Gasteiger partial charge in [-0.3, -0.25) is 14.4 Å². The second kappa shape index (κ2) is 6.03. The largest absolute Gasteiger partial charge is 0.508 e. The fourth-order valence-electron chi connectivity index (χ4n) is 4.45. The number of aromatic hydroxyl groups is 2. The maximum absolute atomic E-state index is 13.5. The predicted molar refractivity (Wildman–Crippen MR) is 98.4 cm³/mol. The molecule has 4 rings (SSSR count). The zero-order valence-electron chi connectivity index (χ0n) is 15.2. The topological polar surface area (TPSA) is 167 Å². The number of ether oxygens (including phenoxy) is 1. The zero-order valence-corrected chi connectivity index (χ0v) is 15.2. The molecule has 1 amide bonds. The lowest BCUT2D eigenvalue weighted by Gasteiger charge is -2.46. The molecule has 0 saturated carbocycles. The number of primary amides is 1. The lowest BCUT2D eigenvalue weighted by Crippen LogP contribution is -2.62. The van der Waals surface area contributed by atoms with E-state index in [0.717, 1.165) is 7.11 Å². The highest BCUT2D eigenvalue weighted by atomic mass is 16.5. The van der Waals surface area contributed by atoms with Crippen LogP contribution in [0.5, 0.6) is 11.5 Å². The van der Waals surface area contributed by atoms with Gasteiger partial charge in [-0.05, 0) is 23.4 Å². The van der Waals surface area contributed by atoms with Crippen LogP contribution in [0.1, 0.15) is 15.9 Å². The van der Waals surface area contributed by atoms with Crippen molar-refractivity contribution in [3.05, 3.63) is 46.7 Å². The molecule has 0 bridgehead atoms. The van der Waals surface area contributed by atoms with Gasteiger partial charge in [-0.2, -0.15) is 0 Å². The Labute approximate surface area is 163 Å². The van der Waals surface area contributed by atoms with Crippen molar-refractivity contribution in [1.29, 1.82) is 0 Å². The van der Waals surface area contributed by atoms with Gasteiger partial charge < -0.3 is 30.9 Å². The van der Waals surface area contributed by atoms with E-state index in [0.29, 0.717) is 10.9 Å². The molecule has 29 heavy (non-hydrogen) atoms. The summed E-state index contributed by atoms with van der Waals surface area (Å²) in [5, 5.41) is 42.6. The van der Waals surface area contributed by atoms with E-state index in [1.165, 1.54) is 6.07 Å². The smallest absolute Gasteiger partial charge is 0.255 e. The summed E-state index contributed by atoms with van der Waals surface area (Å²) in [5.41, 5.74) is 2.01. The molecule has 0 spiro atoms. The Morgan fingerprint density at radius 3 is 2.55 bits per heavy atom. The van der Waals surface area contributed by atoms with E-state index in [9.17, 15) is 34.8 Å². The molecular formula is C20H17NO8. The Morgan fingerprint density at radius 2 is 1.93 bits per heavy atom. The van der Waals surface area contributed by atoms with Crippen LogP contribution >= 0.6 is 0 Å². The Morgan fingerprint density at radius 1 is 1.24 bits per heavy atom. The summed E-state index contributed by atoms with van der Waals surface area (Å²) < 4.78 is 5.31. The Kier molecular flexibility index (Phi) is 3.93. The lowest BCUT2D eigenvalue weighted by atomic mass is 9.63. The molecule has 2 aliphatic carbocycles. The number of hydrogen-bond acceptors (Lipinski definition) is 8. The second-order valence-corrected chi connectivity index (χ2v) is 7.11. The average molecular weight is 399 g/mol. The molecule has 150 valence electrons. The number of ketones is 2. The fraction of sp³-hybridized carbons (Fsp3) is 0.250. The van der Waals surface area contributed by atoms with E-state index in [-0.39, 0.29) is 23.1 Å². The summed E-state index contributed by atoms with van der Waals surface area (Å²) in [4.78, 5) is 37.6. The molecular weight excluding hydrogens is 382 g/mol. The number of benzene rings is 2. The van der Waals surface area contributed by atoms with Gasteiger partial charge in [0, 0.05) is 13.0 Å². The van der Waals surface area contributed by atoms with Crippen LogP contribution in [-0.4, -0.2) is 56.7 Å². The minimum absolute atomic E-state index is 0.0235. The Hall–Kier alpha value is -3.43. The monoisotopic (exact) mass is 399 g/mol. The first kappa shape index (κ1) is 18.9. The minimum Gasteiger partial charge on any atom is -0.508 e. The number of carbonyl (C=O) groups is 3. The summed E-state index contributed by atoms with van der Waals surface area (Å²) in [5.74, 6) is -6.43. The van der Waals surface area contributed by atoms with Gasteiger partial charge in [0.25, 0.3) is 5.91 Å². The summed E-state index contributed by atoms with van der Waals surface area (Å²) in [6.45, 7) is 0. The maximum Gasteiger partial charge on any atom is 0.255 e. The van der Waals surface area contributed by atoms with Crippen LogP contribution in [0.2, 0.25) is 0 Å². The van der Waals surface area contributed by atoms with Crippen LogP contribution in [0.4, 0.5) is 0 Å². The third-order valence-corrected chi connectivity index (χ3v) is 5.78. The molecule has 9 heteroatoms. The van der Waals surface area contributed by atoms with Gasteiger partial charge in [0.05, 0.1) is 10.9 Å². The van der Waals surface area contributed by atoms with Gasteiger partial charge >= 0.3 is 0 Å². The van der Waals surface area contributed by atoms with Gasteiger partial charge in [0.2, 0.25) is 11.6 Å². The Bertz CT molecular complexity index is 1150. The lowest BCUT2D eigenvalue weighted by molar-refractivity contribution is -0.140.